The third-order valence-electron chi connectivity index (χ3n) is 2.38. The van der Waals surface area contributed by atoms with Gasteiger partial charge in [-0.3, -0.25) is 0 Å². The molecule has 0 rings (SSSR count). The van der Waals surface area contributed by atoms with Gasteiger partial charge >= 0.3 is 0 Å². The maximum absolute atomic E-state index is 3.47. The summed E-state index contributed by atoms with van der Waals surface area (Å²) in [5, 5.41) is 3.47. The van der Waals surface area contributed by atoms with E-state index in [2.05, 4.69) is 50.0 Å². The molecular formula is C12H29N3. The SMILES string of the molecule is CCCN(CCNC(C)C)CCN(C)C. The van der Waals surface area contributed by atoms with E-state index in [0.717, 1.165) is 13.1 Å². The summed E-state index contributed by atoms with van der Waals surface area (Å²) in [6.45, 7) is 12.5. The average molecular weight is 215 g/mol. The molecule has 0 aromatic heterocycles. The van der Waals surface area contributed by atoms with Crippen LogP contribution in [-0.2, 0) is 0 Å². The third kappa shape index (κ3) is 10.2. The smallest absolute Gasteiger partial charge is 0.0110 e. The van der Waals surface area contributed by atoms with Crippen molar-refractivity contribution in [3.63, 3.8) is 0 Å². The van der Waals surface area contributed by atoms with Crippen LogP contribution in [0.15, 0.2) is 0 Å². The summed E-state index contributed by atoms with van der Waals surface area (Å²) >= 11 is 0. The van der Waals surface area contributed by atoms with Crippen LogP contribution in [0.2, 0.25) is 0 Å². The Morgan fingerprint density at radius 2 is 1.67 bits per heavy atom. The van der Waals surface area contributed by atoms with Crippen LogP contribution in [-0.4, -0.2) is 62.7 Å². The van der Waals surface area contributed by atoms with Crippen LogP contribution < -0.4 is 5.32 Å². The highest BCUT2D eigenvalue weighted by Crippen LogP contribution is 1.91. The second kappa shape index (κ2) is 9.13. The van der Waals surface area contributed by atoms with Crippen LogP contribution in [0, 0.1) is 0 Å². The van der Waals surface area contributed by atoms with Gasteiger partial charge in [-0.2, -0.15) is 0 Å². The maximum Gasteiger partial charge on any atom is 0.0110 e. The number of hydrogen-bond acceptors (Lipinski definition) is 3. The molecule has 0 atom stereocenters. The second-order valence-electron chi connectivity index (χ2n) is 4.75. The Kier molecular flexibility index (Phi) is 9.06. The fourth-order valence-electron chi connectivity index (χ4n) is 1.50. The first-order chi connectivity index (χ1) is 7.06. The van der Waals surface area contributed by atoms with E-state index in [1.54, 1.807) is 0 Å². The zero-order valence-electron chi connectivity index (χ0n) is 11.2. The summed E-state index contributed by atoms with van der Waals surface area (Å²) in [4.78, 5) is 4.79. The normalized spacial score (nSPS) is 12.0. The molecule has 0 unspecified atom stereocenters. The summed E-state index contributed by atoms with van der Waals surface area (Å²) in [6, 6.07) is 0.599. The van der Waals surface area contributed by atoms with Crippen molar-refractivity contribution in [3.8, 4) is 0 Å². The summed E-state index contributed by atoms with van der Waals surface area (Å²) in [5.74, 6) is 0. The Hall–Kier alpha value is -0.120. The van der Waals surface area contributed by atoms with Gasteiger partial charge in [0.2, 0.25) is 0 Å². The highest BCUT2D eigenvalue weighted by atomic mass is 15.2. The molecule has 3 nitrogen and oxygen atoms in total. The summed E-state index contributed by atoms with van der Waals surface area (Å²) < 4.78 is 0. The molecule has 1 N–H and O–H groups in total. The molecule has 0 saturated heterocycles. The number of nitrogens with zero attached hydrogens (tertiary/aromatic N) is 2. The molecule has 15 heavy (non-hydrogen) atoms. The number of likely N-dealkylation sites (N-methyl/N-ethyl adjacent to an activating group) is 1. The summed E-state index contributed by atoms with van der Waals surface area (Å²) in [7, 11) is 4.27. The molecule has 0 aliphatic heterocycles. The van der Waals surface area contributed by atoms with Gasteiger partial charge in [-0.1, -0.05) is 20.8 Å². The molecule has 0 aliphatic carbocycles. The van der Waals surface area contributed by atoms with E-state index in [-0.39, 0.29) is 0 Å². The molecule has 0 aliphatic rings. The van der Waals surface area contributed by atoms with Crippen molar-refractivity contribution in [2.75, 3.05) is 46.8 Å². The highest BCUT2D eigenvalue weighted by molar-refractivity contribution is 4.62. The molecule has 0 spiro atoms. The first kappa shape index (κ1) is 14.9. The minimum atomic E-state index is 0.599. The van der Waals surface area contributed by atoms with Gasteiger partial charge in [0.15, 0.2) is 0 Å². The lowest BCUT2D eigenvalue weighted by Gasteiger charge is -2.24. The molecule has 0 heterocycles. The van der Waals surface area contributed by atoms with E-state index in [0.29, 0.717) is 6.04 Å². The lowest BCUT2D eigenvalue weighted by atomic mass is 10.3. The maximum atomic E-state index is 3.47. The fraction of sp³-hybridized carbons (Fsp3) is 1.00. The average Bonchev–Trinajstić information content (AvgIpc) is 2.13. The van der Waals surface area contributed by atoms with Crippen LogP contribution in [0.25, 0.3) is 0 Å². The molecule has 0 fully saturated rings. The monoisotopic (exact) mass is 215 g/mol. The van der Waals surface area contributed by atoms with Gasteiger partial charge in [0, 0.05) is 32.2 Å². The predicted octanol–water partition coefficient (Wildman–Crippen LogP) is 1.26. The summed E-state index contributed by atoms with van der Waals surface area (Å²) in [6.07, 6.45) is 1.25. The third-order valence-corrected chi connectivity index (χ3v) is 2.38. The zero-order chi connectivity index (χ0) is 11.7. The van der Waals surface area contributed by atoms with Crippen LogP contribution >= 0.6 is 0 Å². The van der Waals surface area contributed by atoms with Crippen LogP contribution in [0.4, 0.5) is 0 Å². The van der Waals surface area contributed by atoms with Gasteiger partial charge in [-0.15, -0.1) is 0 Å². The van der Waals surface area contributed by atoms with Crippen molar-refractivity contribution < 1.29 is 0 Å². The first-order valence-corrected chi connectivity index (χ1v) is 6.16. The van der Waals surface area contributed by atoms with Crippen molar-refractivity contribution >= 4 is 0 Å². The Labute approximate surface area is 95.8 Å². The predicted molar refractivity (Wildman–Crippen MR) is 68.4 cm³/mol. The highest BCUT2D eigenvalue weighted by Gasteiger charge is 2.04. The van der Waals surface area contributed by atoms with E-state index >= 15 is 0 Å². The van der Waals surface area contributed by atoms with Gasteiger partial charge in [0.1, 0.15) is 0 Å². The minimum absolute atomic E-state index is 0.599. The van der Waals surface area contributed by atoms with Gasteiger partial charge in [0.25, 0.3) is 0 Å². The molecule has 0 bridgehead atoms. The molecule has 92 valence electrons. The van der Waals surface area contributed by atoms with Gasteiger partial charge in [-0.05, 0) is 27.1 Å². The van der Waals surface area contributed by atoms with Crippen LogP contribution in [0.3, 0.4) is 0 Å². The first-order valence-electron chi connectivity index (χ1n) is 6.16. The van der Waals surface area contributed by atoms with Crippen molar-refractivity contribution in [2.45, 2.75) is 33.2 Å². The molecule has 0 aromatic rings. The minimum Gasteiger partial charge on any atom is -0.313 e. The largest absolute Gasteiger partial charge is 0.313 e. The van der Waals surface area contributed by atoms with Crippen molar-refractivity contribution in [1.82, 2.24) is 15.1 Å². The van der Waals surface area contributed by atoms with Crippen LogP contribution in [0.5, 0.6) is 0 Å². The van der Waals surface area contributed by atoms with E-state index in [9.17, 15) is 0 Å². The van der Waals surface area contributed by atoms with E-state index in [4.69, 9.17) is 0 Å². The Morgan fingerprint density at radius 3 is 2.13 bits per heavy atom. The molecule has 0 aromatic carbocycles. The summed E-state index contributed by atoms with van der Waals surface area (Å²) in [5.41, 5.74) is 0. The Morgan fingerprint density at radius 1 is 1.00 bits per heavy atom. The molecule has 0 radical (unpaired) electrons. The van der Waals surface area contributed by atoms with Crippen molar-refractivity contribution in [3.05, 3.63) is 0 Å². The standard InChI is InChI=1S/C12H29N3/c1-6-8-15(11-10-14(4)5)9-7-13-12(2)3/h12-13H,6-11H2,1-5H3. The molecule has 3 heteroatoms. The Bertz CT molecular complexity index is 135. The van der Waals surface area contributed by atoms with Gasteiger partial charge < -0.3 is 15.1 Å². The number of nitrogens with one attached hydrogen (secondary N) is 1. The molecule has 0 saturated carbocycles. The topological polar surface area (TPSA) is 18.5 Å². The van der Waals surface area contributed by atoms with E-state index in [1.807, 2.05) is 0 Å². The quantitative estimate of drug-likeness (QED) is 0.625. The number of hydrogen-bond donors (Lipinski definition) is 1. The fourth-order valence-corrected chi connectivity index (χ4v) is 1.50. The van der Waals surface area contributed by atoms with Crippen molar-refractivity contribution in [1.29, 1.82) is 0 Å². The molecular weight excluding hydrogens is 186 g/mol. The lowest BCUT2D eigenvalue weighted by Crippen LogP contribution is -2.38. The van der Waals surface area contributed by atoms with Crippen molar-refractivity contribution in [2.24, 2.45) is 0 Å². The van der Waals surface area contributed by atoms with E-state index in [1.165, 1.54) is 26.1 Å². The van der Waals surface area contributed by atoms with Gasteiger partial charge in [0.05, 0.1) is 0 Å². The Balaban J connectivity index is 3.62. The van der Waals surface area contributed by atoms with E-state index < -0.39 is 0 Å². The number of rotatable bonds is 9. The molecule has 0 amide bonds. The van der Waals surface area contributed by atoms with Crippen LogP contribution in [0.1, 0.15) is 27.2 Å². The second-order valence-corrected chi connectivity index (χ2v) is 4.75. The zero-order valence-corrected chi connectivity index (χ0v) is 11.2. The lowest BCUT2D eigenvalue weighted by molar-refractivity contribution is 0.239. The van der Waals surface area contributed by atoms with Gasteiger partial charge in [-0.25, -0.2) is 0 Å².